The first kappa shape index (κ1) is 23.1. The van der Waals surface area contributed by atoms with Crippen molar-refractivity contribution >= 4 is 44.8 Å². The van der Waals surface area contributed by atoms with Gasteiger partial charge >= 0.3 is 0 Å². The minimum atomic E-state index is -3.83. The molecule has 1 amide bonds. The Morgan fingerprint density at radius 2 is 1.90 bits per heavy atom. The fourth-order valence-electron chi connectivity index (χ4n) is 3.57. The summed E-state index contributed by atoms with van der Waals surface area (Å²) in [5.41, 5.74) is 1.96. The maximum atomic E-state index is 13.1. The van der Waals surface area contributed by atoms with Gasteiger partial charge in [0.15, 0.2) is 0 Å². The van der Waals surface area contributed by atoms with E-state index < -0.39 is 15.9 Å². The fraction of sp³-hybridized carbons (Fsp3) is 0.409. The molecule has 0 saturated carbocycles. The van der Waals surface area contributed by atoms with Crippen molar-refractivity contribution in [1.29, 1.82) is 0 Å². The van der Waals surface area contributed by atoms with E-state index in [1.54, 1.807) is 6.07 Å². The number of anilines is 1. The zero-order valence-corrected chi connectivity index (χ0v) is 19.2. The second-order valence-electron chi connectivity index (χ2n) is 7.57. The number of nitrogens with one attached hydrogen (secondary N) is 1. The molecule has 1 atom stereocenters. The van der Waals surface area contributed by atoms with Crippen molar-refractivity contribution in [2.24, 2.45) is 5.92 Å². The Hall–Kier alpha value is -1.60. The van der Waals surface area contributed by atoms with Crippen molar-refractivity contribution in [1.82, 2.24) is 4.31 Å². The largest absolute Gasteiger partial charge is 0.326 e. The first-order chi connectivity index (χ1) is 14.3. The van der Waals surface area contributed by atoms with Gasteiger partial charge in [0.25, 0.3) is 0 Å². The van der Waals surface area contributed by atoms with Crippen LogP contribution in [0.25, 0.3) is 0 Å². The first-order valence-corrected chi connectivity index (χ1v) is 12.4. The molecule has 3 rings (SSSR count). The zero-order valence-electron chi connectivity index (χ0n) is 16.9. The Balaban J connectivity index is 1.68. The van der Waals surface area contributed by atoms with Gasteiger partial charge in [-0.25, -0.2) is 8.42 Å². The van der Waals surface area contributed by atoms with Gasteiger partial charge in [-0.1, -0.05) is 48.7 Å². The molecule has 1 saturated heterocycles. The second kappa shape index (κ2) is 10.1. The standard InChI is InChI=1S/C22H26Cl2N2O3S/c1-2-3-5-16-7-10-19(11-8-16)25-22(27)17-6-4-13-26(15-17)30(28,29)21-14-18(23)9-12-20(21)24/h7-12,14,17H,2-6,13,15H2,1H3,(H,25,27)/t17-/m1/s1. The van der Waals surface area contributed by atoms with Crippen LogP contribution in [0.1, 0.15) is 38.2 Å². The molecule has 1 aliphatic heterocycles. The molecule has 0 bridgehead atoms. The summed E-state index contributed by atoms with van der Waals surface area (Å²) in [5.74, 6) is -0.598. The number of rotatable bonds is 7. The van der Waals surface area contributed by atoms with Gasteiger partial charge in [0.1, 0.15) is 4.90 Å². The maximum absolute atomic E-state index is 13.1. The van der Waals surface area contributed by atoms with Crippen LogP contribution in [-0.2, 0) is 21.2 Å². The number of carbonyl (C=O) groups excluding carboxylic acids is 1. The van der Waals surface area contributed by atoms with Gasteiger partial charge in [-0.15, -0.1) is 0 Å². The monoisotopic (exact) mass is 468 g/mol. The summed E-state index contributed by atoms with van der Waals surface area (Å²) in [6.07, 6.45) is 4.53. The molecule has 0 unspecified atom stereocenters. The number of aryl methyl sites for hydroxylation is 1. The molecule has 8 heteroatoms. The van der Waals surface area contributed by atoms with Crippen LogP contribution in [0.4, 0.5) is 5.69 Å². The highest BCUT2D eigenvalue weighted by Gasteiger charge is 2.34. The third-order valence-electron chi connectivity index (χ3n) is 5.31. The summed E-state index contributed by atoms with van der Waals surface area (Å²) in [6, 6.07) is 12.2. The van der Waals surface area contributed by atoms with Crippen molar-refractivity contribution in [2.45, 2.75) is 43.9 Å². The minimum Gasteiger partial charge on any atom is -0.326 e. The lowest BCUT2D eigenvalue weighted by molar-refractivity contribution is -0.120. The summed E-state index contributed by atoms with van der Waals surface area (Å²) < 4.78 is 27.4. The number of hydrogen-bond donors (Lipinski definition) is 1. The van der Waals surface area contributed by atoms with E-state index in [-0.39, 0.29) is 22.4 Å². The molecule has 162 valence electrons. The SMILES string of the molecule is CCCCc1ccc(NC(=O)[C@@H]2CCCN(S(=O)(=O)c3cc(Cl)ccc3Cl)C2)cc1. The Labute approximate surface area is 188 Å². The summed E-state index contributed by atoms with van der Waals surface area (Å²) in [6.45, 7) is 2.62. The molecule has 2 aromatic carbocycles. The van der Waals surface area contributed by atoms with E-state index in [1.807, 2.05) is 24.3 Å². The first-order valence-electron chi connectivity index (χ1n) is 10.2. The van der Waals surface area contributed by atoms with Crippen molar-refractivity contribution in [3.8, 4) is 0 Å². The molecule has 30 heavy (non-hydrogen) atoms. The Morgan fingerprint density at radius 3 is 2.60 bits per heavy atom. The molecule has 2 aromatic rings. The normalized spacial score (nSPS) is 17.6. The molecule has 0 spiro atoms. The van der Waals surface area contributed by atoms with E-state index in [0.717, 1.165) is 24.9 Å². The third kappa shape index (κ3) is 5.55. The summed E-state index contributed by atoms with van der Waals surface area (Å²) in [5, 5.41) is 3.34. The lowest BCUT2D eigenvalue weighted by Crippen LogP contribution is -2.43. The molecule has 1 aliphatic rings. The van der Waals surface area contributed by atoms with Gasteiger partial charge < -0.3 is 5.32 Å². The zero-order chi connectivity index (χ0) is 21.7. The number of amides is 1. The lowest BCUT2D eigenvalue weighted by Gasteiger charge is -2.31. The second-order valence-corrected chi connectivity index (χ2v) is 10.3. The number of sulfonamides is 1. The number of unbranched alkanes of at least 4 members (excludes halogenated alkanes) is 1. The van der Waals surface area contributed by atoms with Crippen LogP contribution in [0, 0.1) is 5.92 Å². The van der Waals surface area contributed by atoms with Crippen molar-refractivity contribution in [2.75, 3.05) is 18.4 Å². The van der Waals surface area contributed by atoms with Crippen molar-refractivity contribution in [3.05, 3.63) is 58.1 Å². The molecule has 5 nitrogen and oxygen atoms in total. The average Bonchev–Trinajstić information content (AvgIpc) is 2.75. The van der Waals surface area contributed by atoms with E-state index >= 15 is 0 Å². The van der Waals surface area contributed by atoms with Crippen LogP contribution in [0.2, 0.25) is 10.0 Å². The number of piperidine rings is 1. The smallest absolute Gasteiger partial charge is 0.244 e. The third-order valence-corrected chi connectivity index (χ3v) is 7.89. The molecule has 1 N–H and O–H groups in total. The average molecular weight is 469 g/mol. The van der Waals surface area contributed by atoms with Crippen LogP contribution in [-0.4, -0.2) is 31.7 Å². The van der Waals surface area contributed by atoms with E-state index in [9.17, 15) is 13.2 Å². The predicted molar refractivity (Wildman–Crippen MR) is 122 cm³/mol. The summed E-state index contributed by atoms with van der Waals surface area (Å²) in [4.78, 5) is 12.7. The molecule has 0 radical (unpaired) electrons. The number of halogens is 2. The van der Waals surface area contributed by atoms with Gasteiger partial charge in [-0.3, -0.25) is 4.79 Å². The molecule has 1 heterocycles. The van der Waals surface area contributed by atoms with Gasteiger partial charge in [0.05, 0.1) is 10.9 Å². The fourth-order valence-corrected chi connectivity index (χ4v) is 5.83. The van der Waals surface area contributed by atoms with Crippen molar-refractivity contribution < 1.29 is 13.2 Å². The highest BCUT2D eigenvalue weighted by atomic mass is 35.5. The number of benzene rings is 2. The Bertz CT molecular complexity index is 994. The molecule has 1 fully saturated rings. The van der Waals surface area contributed by atoms with Gasteiger partial charge in [-0.2, -0.15) is 4.31 Å². The number of carbonyl (C=O) groups is 1. The predicted octanol–water partition coefficient (Wildman–Crippen LogP) is 5.38. The topological polar surface area (TPSA) is 66.5 Å². The van der Waals surface area contributed by atoms with Gasteiger partial charge in [0, 0.05) is 23.8 Å². The van der Waals surface area contributed by atoms with E-state index in [1.165, 1.54) is 22.0 Å². The van der Waals surface area contributed by atoms with Gasteiger partial charge in [-0.05, 0) is 61.6 Å². The van der Waals surface area contributed by atoms with Crippen LogP contribution >= 0.6 is 23.2 Å². The molecular weight excluding hydrogens is 443 g/mol. The Morgan fingerprint density at radius 1 is 1.17 bits per heavy atom. The van der Waals surface area contributed by atoms with Crippen molar-refractivity contribution in [3.63, 3.8) is 0 Å². The van der Waals surface area contributed by atoms with Gasteiger partial charge in [0.2, 0.25) is 15.9 Å². The van der Waals surface area contributed by atoms with Crippen LogP contribution < -0.4 is 5.32 Å². The van der Waals surface area contributed by atoms with Crippen LogP contribution in [0.15, 0.2) is 47.4 Å². The quantitative estimate of drug-likeness (QED) is 0.593. The van der Waals surface area contributed by atoms with Crippen LogP contribution in [0.3, 0.4) is 0 Å². The van der Waals surface area contributed by atoms with E-state index in [2.05, 4.69) is 12.2 Å². The molecular formula is C22H26Cl2N2O3S. The summed E-state index contributed by atoms with van der Waals surface area (Å²) >= 11 is 12.1. The highest BCUT2D eigenvalue weighted by molar-refractivity contribution is 7.89. The minimum absolute atomic E-state index is 0.0274. The number of hydrogen-bond acceptors (Lipinski definition) is 3. The Kier molecular flexibility index (Phi) is 7.80. The summed E-state index contributed by atoms with van der Waals surface area (Å²) in [7, 11) is -3.83. The van der Waals surface area contributed by atoms with Crippen LogP contribution in [0.5, 0.6) is 0 Å². The maximum Gasteiger partial charge on any atom is 0.244 e. The number of nitrogens with zero attached hydrogens (tertiary/aromatic N) is 1. The van der Waals surface area contributed by atoms with E-state index in [0.29, 0.717) is 24.4 Å². The lowest BCUT2D eigenvalue weighted by atomic mass is 9.98. The van der Waals surface area contributed by atoms with E-state index in [4.69, 9.17) is 23.2 Å². The molecule has 0 aromatic heterocycles. The highest BCUT2D eigenvalue weighted by Crippen LogP contribution is 2.30. The molecule has 0 aliphatic carbocycles.